The first kappa shape index (κ1) is 19.1. The third-order valence-corrected chi connectivity index (χ3v) is 4.79. The molecule has 1 fully saturated rings. The van der Waals surface area contributed by atoms with Gasteiger partial charge in [0.05, 0.1) is 6.54 Å². The molecule has 2 unspecified atom stereocenters. The lowest BCUT2D eigenvalue weighted by Crippen LogP contribution is -2.33. The number of hydrogen-bond donors (Lipinski definition) is 1. The summed E-state index contributed by atoms with van der Waals surface area (Å²) in [6, 6.07) is 10.2. The van der Waals surface area contributed by atoms with E-state index in [0.717, 1.165) is 19.3 Å². The zero-order valence-electron chi connectivity index (χ0n) is 16.0. The fourth-order valence-corrected chi connectivity index (χ4v) is 3.29. The van der Waals surface area contributed by atoms with E-state index in [0.29, 0.717) is 31.4 Å². The van der Waals surface area contributed by atoms with Gasteiger partial charge in [-0.1, -0.05) is 44.2 Å². The lowest BCUT2D eigenvalue weighted by Gasteiger charge is -2.20. The number of nitrogens with one attached hydrogen (secondary N) is 1. The number of benzene rings is 1. The molecule has 1 heterocycles. The number of aromatic nitrogens is 1. The minimum atomic E-state index is -0.244. The highest BCUT2D eigenvalue weighted by molar-refractivity contribution is 5.91. The molecule has 0 aliphatic heterocycles. The van der Waals surface area contributed by atoms with Crippen molar-refractivity contribution in [2.24, 2.45) is 5.92 Å². The molecule has 0 saturated heterocycles. The van der Waals surface area contributed by atoms with Gasteiger partial charge in [-0.05, 0) is 30.7 Å². The Morgan fingerprint density at radius 3 is 2.70 bits per heavy atom. The van der Waals surface area contributed by atoms with Crippen molar-refractivity contribution in [2.45, 2.75) is 45.6 Å². The van der Waals surface area contributed by atoms with E-state index in [1.54, 1.807) is 4.90 Å². The van der Waals surface area contributed by atoms with Crippen LogP contribution in [0.5, 0.6) is 0 Å². The van der Waals surface area contributed by atoms with E-state index in [-0.39, 0.29) is 23.4 Å². The summed E-state index contributed by atoms with van der Waals surface area (Å²) in [5.41, 5.74) is 1.48. The molecule has 0 spiro atoms. The summed E-state index contributed by atoms with van der Waals surface area (Å²) in [5, 5.41) is 2.77. The second kappa shape index (κ2) is 8.84. The van der Waals surface area contributed by atoms with Crippen LogP contribution >= 0.6 is 0 Å². The Morgan fingerprint density at radius 1 is 1.22 bits per heavy atom. The van der Waals surface area contributed by atoms with Crippen molar-refractivity contribution < 1.29 is 14.0 Å². The maximum atomic E-state index is 12.9. The van der Waals surface area contributed by atoms with Crippen LogP contribution in [-0.4, -0.2) is 34.8 Å². The molecular formula is C21H27N3O3. The van der Waals surface area contributed by atoms with Crippen molar-refractivity contribution in [1.29, 1.82) is 0 Å². The minimum absolute atomic E-state index is 0.0289. The summed E-state index contributed by atoms with van der Waals surface area (Å²) >= 11 is 0. The SMILES string of the molecule is CCCNC(=O)c1coc(CN(CCC)C(=O)C2CC2c2ccccc2)n1. The lowest BCUT2D eigenvalue weighted by molar-refractivity contribution is -0.133. The van der Waals surface area contributed by atoms with Crippen LogP contribution < -0.4 is 5.32 Å². The molecule has 6 nitrogen and oxygen atoms in total. The van der Waals surface area contributed by atoms with E-state index in [4.69, 9.17) is 4.42 Å². The first-order chi connectivity index (χ1) is 13.1. The number of rotatable bonds is 9. The highest BCUT2D eigenvalue weighted by atomic mass is 16.3. The number of amides is 2. The molecule has 3 rings (SSSR count). The Kier molecular flexibility index (Phi) is 6.27. The van der Waals surface area contributed by atoms with E-state index >= 15 is 0 Å². The van der Waals surface area contributed by atoms with Gasteiger partial charge in [0.25, 0.3) is 5.91 Å². The molecular weight excluding hydrogens is 342 g/mol. The maximum absolute atomic E-state index is 12.9. The second-order valence-corrected chi connectivity index (χ2v) is 7.00. The van der Waals surface area contributed by atoms with Crippen LogP contribution in [0, 0.1) is 5.92 Å². The van der Waals surface area contributed by atoms with Crippen molar-refractivity contribution in [3.8, 4) is 0 Å². The fraction of sp³-hybridized carbons (Fsp3) is 0.476. The zero-order chi connectivity index (χ0) is 19.2. The second-order valence-electron chi connectivity index (χ2n) is 7.00. The van der Waals surface area contributed by atoms with Gasteiger partial charge < -0.3 is 14.6 Å². The van der Waals surface area contributed by atoms with Gasteiger partial charge in [-0.3, -0.25) is 9.59 Å². The van der Waals surface area contributed by atoms with E-state index in [1.165, 1.54) is 11.8 Å². The summed E-state index contributed by atoms with van der Waals surface area (Å²) in [4.78, 5) is 31.0. The van der Waals surface area contributed by atoms with Crippen molar-refractivity contribution in [3.63, 3.8) is 0 Å². The summed E-state index contributed by atoms with van der Waals surface area (Å²) in [5.74, 6) is 0.627. The van der Waals surface area contributed by atoms with Gasteiger partial charge in [0, 0.05) is 19.0 Å². The normalized spacial score (nSPS) is 18.1. The van der Waals surface area contributed by atoms with Crippen LogP contribution in [0.15, 0.2) is 41.0 Å². The van der Waals surface area contributed by atoms with E-state index in [2.05, 4.69) is 22.4 Å². The predicted octanol–water partition coefficient (Wildman–Crippen LogP) is 3.36. The molecule has 1 aliphatic carbocycles. The Bertz CT molecular complexity index is 772. The zero-order valence-corrected chi connectivity index (χ0v) is 16.0. The van der Waals surface area contributed by atoms with E-state index < -0.39 is 0 Å². The lowest BCUT2D eigenvalue weighted by atomic mass is 10.1. The summed E-state index contributed by atoms with van der Waals surface area (Å²) < 4.78 is 5.44. The van der Waals surface area contributed by atoms with Gasteiger partial charge in [-0.15, -0.1) is 0 Å². The molecule has 2 aromatic rings. The van der Waals surface area contributed by atoms with Crippen LogP contribution in [-0.2, 0) is 11.3 Å². The van der Waals surface area contributed by atoms with Gasteiger partial charge in [-0.2, -0.15) is 0 Å². The number of oxazole rings is 1. The molecule has 0 radical (unpaired) electrons. The molecule has 144 valence electrons. The monoisotopic (exact) mass is 369 g/mol. The number of hydrogen-bond acceptors (Lipinski definition) is 4. The minimum Gasteiger partial charge on any atom is -0.446 e. The molecule has 1 N–H and O–H groups in total. The first-order valence-electron chi connectivity index (χ1n) is 9.70. The highest BCUT2D eigenvalue weighted by Crippen LogP contribution is 2.48. The molecule has 1 saturated carbocycles. The van der Waals surface area contributed by atoms with Crippen molar-refractivity contribution in [1.82, 2.24) is 15.2 Å². The Morgan fingerprint density at radius 2 is 2.00 bits per heavy atom. The fourth-order valence-electron chi connectivity index (χ4n) is 3.29. The number of nitrogens with zero attached hydrogens (tertiary/aromatic N) is 2. The van der Waals surface area contributed by atoms with Crippen LogP contribution in [0.1, 0.15) is 61.0 Å². The summed E-state index contributed by atoms with van der Waals surface area (Å²) in [6.07, 6.45) is 3.97. The Labute approximate surface area is 160 Å². The van der Waals surface area contributed by atoms with Gasteiger partial charge in [0.2, 0.25) is 11.8 Å². The van der Waals surface area contributed by atoms with Crippen LogP contribution in [0.2, 0.25) is 0 Å². The average Bonchev–Trinajstić information content (AvgIpc) is 3.36. The van der Waals surface area contributed by atoms with Crippen LogP contribution in [0.4, 0.5) is 0 Å². The predicted molar refractivity (Wildman–Crippen MR) is 102 cm³/mol. The quantitative estimate of drug-likeness (QED) is 0.735. The van der Waals surface area contributed by atoms with Crippen molar-refractivity contribution in [2.75, 3.05) is 13.1 Å². The highest BCUT2D eigenvalue weighted by Gasteiger charge is 2.45. The van der Waals surface area contributed by atoms with E-state index in [1.807, 2.05) is 32.0 Å². The number of carbonyl (C=O) groups excluding carboxylic acids is 2. The van der Waals surface area contributed by atoms with E-state index in [9.17, 15) is 9.59 Å². The Balaban J connectivity index is 1.62. The number of carbonyl (C=O) groups is 2. The Hall–Kier alpha value is -2.63. The maximum Gasteiger partial charge on any atom is 0.273 e. The topological polar surface area (TPSA) is 75.4 Å². The third kappa shape index (κ3) is 4.76. The molecule has 1 aromatic carbocycles. The first-order valence-corrected chi connectivity index (χ1v) is 9.70. The molecule has 27 heavy (non-hydrogen) atoms. The van der Waals surface area contributed by atoms with Gasteiger partial charge in [-0.25, -0.2) is 4.98 Å². The molecule has 2 amide bonds. The van der Waals surface area contributed by atoms with Crippen LogP contribution in [0.3, 0.4) is 0 Å². The summed E-state index contributed by atoms with van der Waals surface area (Å²) in [6.45, 7) is 5.58. The van der Waals surface area contributed by atoms with Gasteiger partial charge in [0.15, 0.2) is 5.69 Å². The molecule has 1 aliphatic rings. The van der Waals surface area contributed by atoms with Crippen molar-refractivity contribution >= 4 is 11.8 Å². The largest absolute Gasteiger partial charge is 0.446 e. The average molecular weight is 369 g/mol. The molecule has 2 atom stereocenters. The summed E-state index contributed by atoms with van der Waals surface area (Å²) in [7, 11) is 0. The van der Waals surface area contributed by atoms with Gasteiger partial charge in [0.1, 0.15) is 6.26 Å². The van der Waals surface area contributed by atoms with Gasteiger partial charge >= 0.3 is 0 Å². The third-order valence-electron chi connectivity index (χ3n) is 4.79. The van der Waals surface area contributed by atoms with Crippen molar-refractivity contribution in [3.05, 3.63) is 53.7 Å². The standard InChI is InChI=1S/C21H27N3O3/c1-3-10-22-20(25)18-14-27-19(23-18)13-24(11-4-2)21(26)17-12-16(17)15-8-6-5-7-9-15/h5-9,14,16-17H,3-4,10-13H2,1-2H3,(H,22,25). The smallest absolute Gasteiger partial charge is 0.273 e. The molecule has 1 aromatic heterocycles. The molecule has 6 heteroatoms. The van der Waals surface area contributed by atoms with Crippen LogP contribution in [0.25, 0.3) is 0 Å². The molecule has 0 bridgehead atoms.